The maximum absolute atomic E-state index is 14.6. The number of phenolic OH excluding ortho intramolecular Hbond substituents is 1. The van der Waals surface area contributed by atoms with E-state index in [4.69, 9.17) is 0 Å². The topological polar surface area (TPSA) is 59.5 Å². The summed E-state index contributed by atoms with van der Waals surface area (Å²) in [6, 6.07) is 12.9. The van der Waals surface area contributed by atoms with Crippen molar-refractivity contribution in [2.24, 2.45) is 17.8 Å². The number of aliphatic hydroxyl groups excluding tert-OH is 1. The summed E-state index contributed by atoms with van der Waals surface area (Å²) in [6.45, 7) is 1.95. The van der Waals surface area contributed by atoms with E-state index in [2.05, 4.69) is 16.0 Å². The van der Waals surface area contributed by atoms with E-state index >= 15 is 0 Å². The molecule has 5 heteroatoms. The molecule has 6 rings (SSSR count). The largest absolute Gasteiger partial charge is 0.508 e. The average Bonchev–Trinajstić information content (AvgIpc) is 3.31. The zero-order chi connectivity index (χ0) is 20.4. The van der Waals surface area contributed by atoms with Gasteiger partial charge in [0.2, 0.25) is 0 Å². The van der Waals surface area contributed by atoms with Crippen LogP contribution in [0.15, 0.2) is 42.5 Å². The van der Waals surface area contributed by atoms with Crippen LogP contribution in [-0.4, -0.2) is 39.3 Å². The highest BCUT2D eigenvalue weighted by Gasteiger charge is 2.47. The van der Waals surface area contributed by atoms with Crippen molar-refractivity contribution in [2.75, 3.05) is 13.1 Å². The Hall–Kier alpha value is -2.37. The second-order valence-corrected chi connectivity index (χ2v) is 9.46. The average molecular weight is 407 g/mol. The number of rotatable bonds is 3. The van der Waals surface area contributed by atoms with E-state index in [-0.39, 0.29) is 29.6 Å². The van der Waals surface area contributed by atoms with Gasteiger partial charge in [-0.05, 0) is 79.5 Å². The predicted molar refractivity (Wildman–Crippen MR) is 114 cm³/mol. The number of halogens is 1. The molecule has 1 saturated carbocycles. The number of hydrogen-bond acceptors (Lipinski definition) is 3. The molecule has 1 aromatic heterocycles. The lowest BCUT2D eigenvalue weighted by Crippen LogP contribution is -2.46. The van der Waals surface area contributed by atoms with Crippen LogP contribution in [0.5, 0.6) is 5.75 Å². The Bertz CT molecular complexity index is 1110. The Kier molecular flexibility index (Phi) is 4.19. The van der Waals surface area contributed by atoms with Gasteiger partial charge in [0.1, 0.15) is 11.6 Å². The first-order valence-electron chi connectivity index (χ1n) is 11.1. The summed E-state index contributed by atoms with van der Waals surface area (Å²) < 4.78 is 14.6. The zero-order valence-electron chi connectivity index (χ0n) is 16.9. The monoisotopic (exact) mass is 406 g/mol. The van der Waals surface area contributed by atoms with E-state index in [1.807, 2.05) is 18.2 Å². The number of aromatic nitrogens is 1. The van der Waals surface area contributed by atoms with Gasteiger partial charge in [-0.15, -0.1) is 0 Å². The Morgan fingerprint density at radius 1 is 1.10 bits per heavy atom. The highest BCUT2D eigenvalue weighted by Crippen LogP contribution is 2.48. The highest BCUT2D eigenvalue weighted by molar-refractivity contribution is 5.85. The van der Waals surface area contributed by atoms with E-state index in [0.29, 0.717) is 11.8 Å². The van der Waals surface area contributed by atoms with Gasteiger partial charge >= 0.3 is 0 Å². The normalized spacial score (nSPS) is 29.4. The third-order valence-corrected chi connectivity index (χ3v) is 7.64. The van der Waals surface area contributed by atoms with Gasteiger partial charge in [0.05, 0.1) is 6.10 Å². The van der Waals surface area contributed by atoms with Crippen molar-refractivity contribution in [1.29, 1.82) is 0 Å². The molecule has 3 aliphatic rings. The fourth-order valence-corrected chi connectivity index (χ4v) is 6.09. The number of benzene rings is 2. The van der Waals surface area contributed by atoms with Crippen molar-refractivity contribution in [3.05, 3.63) is 65.1 Å². The fraction of sp³-hybridized carbons (Fsp3) is 0.440. The van der Waals surface area contributed by atoms with Crippen molar-refractivity contribution < 1.29 is 14.6 Å². The zero-order valence-corrected chi connectivity index (χ0v) is 16.9. The molecule has 5 unspecified atom stereocenters. The minimum atomic E-state index is -0.254. The Morgan fingerprint density at radius 3 is 2.73 bits per heavy atom. The third-order valence-electron chi connectivity index (χ3n) is 7.64. The molecule has 2 aliphatic carbocycles. The number of nitrogens with zero attached hydrogens (tertiary/aromatic N) is 1. The van der Waals surface area contributed by atoms with E-state index < -0.39 is 0 Å². The summed E-state index contributed by atoms with van der Waals surface area (Å²) >= 11 is 0. The molecule has 3 N–H and O–H groups in total. The standard InChI is InChI=1S/C25H27FN2O2/c26-20-5-2-6-21-24(20)18-10-16-13-28(8-7-14(16)11-22(18)27-21)25(19-12-23(19)30)15-3-1-4-17(29)9-15/h1-6,9,14,16,19,23,25,27,29-30H,7-8,10-13H2. The quantitative estimate of drug-likeness (QED) is 0.612. The van der Waals surface area contributed by atoms with Crippen molar-refractivity contribution >= 4 is 10.9 Å². The number of aromatic hydroxyl groups is 1. The number of H-pyrrole nitrogens is 1. The van der Waals surface area contributed by atoms with Crippen molar-refractivity contribution in [3.8, 4) is 5.75 Å². The number of aliphatic hydroxyl groups is 1. The Labute approximate surface area is 175 Å². The maximum Gasteiger partial charge on any atom is 0.132 e. The molecule has 30 heavy (non-hydrogen) atoms. The van der Waals surface area contributed by atoms with Gasteiger partial charge in [0.25, 0.3) is 0 Å². The first-order valence-corrected chi connectivity index (χ1v) is 11.1. The van der Waals surface area contributed by atoms with E-state index in [0.717, 1.165) is 60.8 Å². The molecule has 2 aromatic carbocycles. The molecule has 1 aliphatic heterocycles. The fourth-order valence-electron chi connectivity index (χ4n) is 6.09. The van der Waals surface area contributed by atoms with Crippen LogP contribution in [0.25, 0.3) is 10.9 Å². The summed E-state index contributed by atoms with van der Waals surface area (Å²) in [6.07, 6.45) is 3.57. The molecule has 0 amide bonds. The van der Waals surface area contributed by atoms with Crippen molar-refractivity contribution in [3.63, 3.8) is 0 Å². The van der Waals surface area contributed by atoms with Crippen LogP contribution < -0.4 is 0 Å². The smallest absolute Gasteiger partial charge is 0.132 e. The molecular formula is C25H27FN2O2. The molecule has 0 bridgehead atoms. The van der Waals surface area contributed by atoms with E-state index in [1.165, 1.54) is 5.69 Å². The SMILES string of the molecule is Oc1cccc(C(C2CC2O)N2CCC3Cc4[nH]c5cccc(F)c5c4CC3C2)c1. The van der Waals surface area contributed by atoms with Gasteiger partial charge in [-0.25, -0.2) is 4.39 Å². The van der Waals surface area contributed by atoms with Gasteiger partial charge in [-0.3, -0.25) is 4.90 Å². The number of hydrogen-bond donors (Lipinski definition) is 3. The molecule has 0 radical (unpaired) electrons. The molecule has 2 fully saturated rings. The van der Waals surface area contributed by atoms with Crippen LogP contribution in [0.1, 0.15) is 35.7 Å². The van der Waals surface area contributed by atoms with Crippen LogP contribution in [0.3, 0.4) is 0 Å². The van der Waals surface area contributed by atoms with Crippen LogP contribution in [-0.2, 0) is 12.8 Å². The van der Waals surface area contributed by atoms with Gasteiger partial charge < -0.3 is 15.2 Å². The van der Waals surface area contributed by atoms with Crippen molar-refractivity contribution in [2.45, 2.75) is 37.8 Å². The summed E-state index contributed by atoms with van der Waals surface area (Å²) in [4.78, 5) is 5.98. The lowest BCUT2D eigenvalue weighted by Gasteiger charge is -2.44. The maximum atomic E-state index is 14.6. The molecular weight excluding hydrogens is 379 g/mol. The number of aromatic amines is 1. The molecule has 156 valence electrons. The van der Waals surface area contributed by atoms with Crippen LogP contribution in [0.4, 0.5) is 4.39 Å². The first-order chi connectivity index (χ1) is 14.6. The minimum Gasteiger partial charge on any atom is -0.508 e. The minimum absolute atomic E-state index is 0.130. The number of phenols is 1. The third kappa shape index (κ3) is 2.95. The molecule has 1 saturated heterocycles. The van der Waals surface area contributed by atoms with Gasteiger partial charge in [-0.1, -0.05) is 18.2 Å². The van der Waals surface area contributed by atoms with Crippen LogP contribution >= 0.6 is 0 Å². The molecule has 2 heterocycles. The van der Waals surface area contributed by atoms with Gasteiger partial charge in [0.15, 0.2) is 0 Å². The van der Waals surface area contributed by atoms with Crippen LogP contribution in [0.2, 0.25) is 0 Å². The summed E-state index contributed by atoms with van der Waals surface area (Å²) in [5.41, 5.74) is 4.37. The molecule has 4 nitrogen and oxygen atoms in total. The lowest BCUT2D eigenvalue weighted by atomic mass is 9.73. The molecule has 0 spiro atoms. The number of nitrogens with one attached hydrogen (secondary N) is 1. The van der Waals surface area contributed by atoms with Crippen molar-refractivity contribution in [1.82, 2.24) is 9.88 Å². The number of likely N-dealkylation sites (tertiary alicyclic amines) is 1. The molecule has 3 aromatic rings. The number of fused-ring (bicyclic) bond motifs is 4. The number of piperidine rings is 1. The van der Waals surface area contributed by atoms with Gasteiger partial charge in [-0.2, -0.15) is 0 Å². The van der Waals surface area contributed by atoms with Crippen LogP contribution in [0, 0.1) is 23.6 Å². The van der Waals surface area contributed by atoms with Gasteiger partial charge in [0, 0.05) is 35.1 Å². The highest BCUT2D eigenvalue weighted by atomic mass is 19.1. The first kappa shape index (κ1) is 18.4. The van der Waals surface area contributed by atoms with E-state index in [1.54, 1.807) is 18.2 Å². The second-order valence-electron chi connectivity index (χ2n) is 9.46. The predicted octanol–water partition coefficient (Wildman–Crippen LogP) is 4.17. The summed E-state index contributed by atoms with van der Waals surface area (Å²) in [5, 5.41) is 21.0. The summed E-state index contributed by atoms with van der Waals surface area (Å²) in [7, 11) is 0. The Morgan fingerprint density at radius 2 is 1.93 bits per heavy atom. The second kappa shape index (κ2) is 6.82. The summed E-state index contributed by atoms with van der Waals surface area (Å²) in [5.74, 6) is 1.47. The Balaban J connectivity index is 1.31. The molecule has 5 atom stereocenters. The lowest BCUT2D eigenvalue weighted by molar-refractivity contribution is 0.0583. The van der Waals surface area contributed by atoms with E-state index in [9.17, 15) is 14.6 Å².